The molecule has 0 heterocycles. The molecular weight excluding hydrogens is 262 g/mol. The Bertz CT molecular complexity index is 464. The highest BCUT2D eigenvalue weighted by Gasteiger charge is 2.36. The zero-order valence-corrected chi connectivity index (χ0v) is 13.3. The SMILES string of the molecule is CC(C)(C)C1CCCCC1NC(C(=O)O)c1ccccc1. The summed E-state index contributed by atoms with van der Waals surface area (Å²) in [6.07, 6.45) is 4.69. The fourth-order valence-electron chi connectivity index (χ4n) is 3.54. The van der Waals surface area contributed by atoms with Gasteiger partial charge in [0.1, 0.15) is 6.04 Å². The van der Waals surface area contributed by atoms with E-state index in [1.54, 1.807) is 0 Å². The van der Waals surface area contributed by atoms with Crippen molar-refractivity contribution in [2.24, 2.45) is 11.3 Å². The molecule has 21 heavy (non-hydrogen) atoms. The summed E-state index contributed by atoms with van der Waals surface area (Å²) in [5.41, 5.74) is 1.04. The van der Waals surface area contributed by atoms with Gasteiger partial charge in [0.15, 0.2) is 0 Å². The Hall–Kier alpha value is -1.35. The Labute approximate surface area is 127 Å². The average molecular weight is 289 g/mol. The van der Waals surface area contributed by atoms with Gasteiger partial charge in [-0.1, -0.05) is 63.9 Å². The zero-order valence-electron chi connectivity index (χ0n) is 13.3. The van der Waals surface area contributed by atoms with E-state index in [2.05, 4.69) is 26.1 Å². The topological polar surface area (TPSA) is 49.3 Å². The zero-order chi connectivity index (χ0) is 15.5. The largest absolute Gasteiger partial charge is 0.480 e. The number of rotatable bonds is 4. The first kappa shape index (κ1) is 16.0. The van der Waals surface area contributed by atoms with Crippen LogP contribution in [0.5, 0.6) is 0 Å². The first-order chi connectivity index (χ1) is 9.89. The molecule has 116 valence electrons. The summed E-state index contributed by atoms with van der Waals surface area (Å²) in [6, 6.07) is 9.16. The molecule has 0 radical (unpaired) electrons. The van der Waals surface area contributed by atoms with Crippen molar-refractivity contribution in [2.75, 3.05) is 0 Å². The number of carbonyl (C=O) groups is 1. The Morgan fingerprint density at radius 1 is 1.19 bits per heavy atom. The van der Waals surface area contributed by atoms with Crippen LogP contribution >= 0.6 is 0 Å². The fraction of sp³-hybridized carbons (Fsp3) is 0.611. The minimum absolute atomic E-state index is 0.206. The summed E-state index contributed by atoms with van der Waals surface area (Å²) in [5.74, 6) is -0.267. The number of benzene rings is 1. The number of hydrogen-bond donors (Lipinski definition) is 2. The molecule has 3 heteroatoms. The Kier molecular flexibility index (Phi) is 5.04. The fourth-order valence-corrected chi connectivity index (χ4v) is 3.54. The average Bonchev–Trinajstić information content (AvgIpc) is 2.44. The molecule has 1 aromatic rings. The summed E-state index contributed by atoms with van der Waals surface area (Å²) in [7, 11) is 0. The van der Waals surface area contributed by atoms with E-state index in [1.165, 1.54) is 19.3 Å². The van der Waals surface area contributed by atoms with Crippen molar-refractivity contribution < 1.29 is 9.90 Å². The maximum Gasteiger partial charge on any atom is 0.325 e. The molecule has 0 bridgehead atoms. The molecule has 3 unspecified atom stereocenters. The van der Waals surface area contributed by atoms with Crippen molar-refractivity contribution in [2.45, 2.75) is 58.5 Å². The molecule has 0 aliphatic heterocycles. The van der Waals surface area contributed by atoms with E-state index < -0.39 is 12.0 Å². The third kappa shape index (κ3) is 4.07. The van der Waals surface area contributed by atoms with Gasteiger partial charge in [0.2, 0.25) is 0 Å². The second kappa shape index (κ2) is 6.61. The van der Waals surface area contributed by atoms with Crippen LogP contribution in [0, 0.1) is 11.3 Å². The lowest BCUT2D eigenvalue weighted by Crippen LogP contribution is -2.47. The molecule has 0 saturated heterocycles. The Morgan fingerprint density at radius 2 is 1.81 bits per heavy atom. The highest BCUT2D eigenvalue weighted by atomic mass is 16.4. The maximum absolute atomic E-state index is 11.7. The minimum Gasteiger partial charge on any atom is -0.480 e. The molecule has 3 nitrogen and oxygen atoms in total. The van der Waals surface area contributed by atoms with E-state index in [1.807, 2.05) is 30.3 Å². The van der Waals surface area contributed by atoms with Crippen LogP contribution in [0.1, 0.15) is 58.1 Å². The predicted octanol–water partition coefficient (Wildman–Crippen LogP) is 4.01. The van der Waals surface area contributed by atoms with Crippen LogP contribution in [0.15, 0.2) is 30.3 Å². The number of carboxylic acid groups (broad SMARTS) is 1. The predicted molar refractivity (Wildman–Crippen MR) is 85.2 cm³/mol. The van der Waals surface area contributed by atoms with E-state index in [4.69, 9.17) is 0 Å². The van der Waals surface area contributed by atoms with Crippen LogP contribution in [0.4, 0.5) is 0 Å². The van der Waals surface area contributed by atoms with Gasteiger partial charge in [-0.3, -0.25) is 10.1 Å². The molecule has 1 aliphatic carbocycles. The van der Waals surface area contributed by atoms with E-state index in [-0.39, 0.29) is 11.5 Å². The van der Waals surface area contributed by atoms with Gasteiger partial charge < -0.3 is 5.11 Å². The quantitative estimate of drug-likeness (QED) is 0.880. The summed E-state index contributed by atoms with van der Waals surface area (Å²) < 4.78 is 0. The van der Waals surface area contributed by atoms with E-state index >= 15 is 0 Å². The number of hydrogen-bond acceptors (Lipinski definition) is 2. The van der Waals surface area contributed by atoms with Crippen LogP contribution in [0.25, 0.3) is 0 Å². The van der Waals surface area contributed by atoms with Crippen molar-refractivity contribution in [1.82, 2.24) is 5.32 Å². The minimum atomic E-state index is -0.792. The van der Waals surface area contributed by atoms with Crippen LogP contribution in [0.2, 0.25) is 0 Å². The van der Waals surface area contributed by atoms with E-state index in [0.717, 1.165) is 12.0 Å². The molecule has 1 aromatic carbocycles. The summed E-state index contributed by atoms with van der Waals surface area (Å²) in [4.78, 5) is 11.7. The monoisotopic (exact) mass is 289 g/mol. The van der Waals surface area contributed by atoms with Gasteiger partial charge >= 0.3 is 5.97 Å². The first-order valence-electron chi connectivity index (χ1n) is 7.93. The van der Waals surface area contributed by atoms with E-state index in [0.29, 0.717) is 5.92 Å². The highest BCUT2D eigenvalue weighted by Crippen LogP contribution is 2.38. The lowest BCUT2D eigenvalue weighted by molar-refractivity contribution is -0.140. The van der Waals surface area contributed by atoms with Crippen LogP contribution in [-0.2, 0) is 4.79 Å². The lowest BCUT2D eigenvalue weighted by atomic mass is 9.69. The summed E-state index contributed by atoms with van der Waals surface area (Å²) in [6.45, 7) is 6.78. The van der Waals surface area contributed by atoms with E-state index in [9.17, 15) is 9.90 Å². The summed E-state index contributed by atoms with van der Waals surface area (Å²) >= 11 is 0. The molecule has 0 spiro atoms. The number of aliphatic carboxylic acids is 1. The van der Waals surface area contributed by atoms with Crippen molar-refractivity contribution in [1.29, 1.82) is 0 Å². The molecule has 0 aromatic heterocycles. The van der Waals surface area contributed by atoms with Crippen LogP contribution < -0.4 is 5.32 Å². The Morgan fingerprint density at radius 3 is 2.38 bits per heavy atom. The van der Waals surface area contributed by atoms with Gasteiger partial charge in [-0.15, -0.1) is 0 Å². The molecular formula is C18H27NO2. The molecule has 3 atom stereocenters. The van der Waals surface area contributed by atoms with Gasteiger partial charge in [0.05, 0.1) is 0 Å². The molecule has 1 fully saturated rings. The maximum atomic E-state index is 11.7. The molecule has 1 aliphatic rings. The smallest absolute Gasteiger partial charge is 0.325 e. The Balaban J connectivity index is 2.17. The first-order valence-corrected chi connectivity index (χ1v) is 7.93. The lowest BCUT2D eigenvalue weighted by Gasteiger charge is -2.42. The van der Waals surface area contributed by atoms with Gasteiger partial charge in [0, 0.05) is 6.04 Å². The van der Waals surface area contributed by atoms with Gasteiger partial charge in [-0.05, 0) is 29.7 Å². The van der Waals surface area contributed by atoms with Crippen molar-refractivity contribution in [3.63, 3.8) is 0 Å². The second-order valence-electron chi connectivity index (χ2n) is 7.21. The molecule has 1 saturated carbocycles. The summed E-state index contributed by atoms with van der Waals surface area (Å²) in [5, 5.41) is 13.0. The van der Waals surface area contributed by atoms with Gasteiger partial charge in [-0.25, -0.2) is 0 Å². The van der Waals surface area contributed by atoms with Gasteiger partial charge in [0.25, 0.3) is 0 Å². The molecule has 0 amide bonds. The van der Waals surface area contributed by atoms with Crippen LogP contribution in [-0.4, -0.2) is 17.1 Å². The normalized spacial score (nSPS) is 24.5. The number of carboxylic acids is 1. The standard InChI is InChI=1S/C18H27NO2/c1-18(2,3)14-11-7-8-12-15(14)19-16(17(20)21)13-9-5-4-6-10-13/h4-6,9-10,14-16,19H,7-8,11-12H2,1-3H3,(H,20,21). The third-order valence-corrected chi connectivity index (χ3v) is 4.64. The van der Waals surface area contributed by atoms with Crippen LogP contribution in [0.3, 0.4) is 0 Å². The van der Waals surface area contributed by atoms with Crippen molar-refractivity contribution >= 4 is 5.97 Å². The third-order valence-electron chi connectivity index (χ3n) is 4.64. The van der Waals surface area contributed by atoms with Gasteiger partial charge in [-0.2, -0.15) is 0 Å². The van der Waals surface area contributed by atoms with Crippen molar-refractivity contribution in [3.8, 4) is 0 Å². The highest BCUT2D eigenvalue weighted by molar-refractivity contribution is 5.75. The second-order valence-corrected chi connectivity index (χ2v) is 7.21. The molecule has 2 rings (SSSR count). The number of nitrogens with one attached hydrogen (secondary N) is 1. The van der Waals surface area contributed by atoms with Crippen molar-refractivity contribution in [3.05, 3.63) is 35.9 Å². The molecule has 2 N–H and O–H groups in total.